The highest BCUT2D eigenvalue weighted by Crippen LogP contribution is 2.24. The van der Waals surface area contributed by atoms with Crippen LogP contribution in [0.5, 0.6) is 11.6 Å². The second kappa shape index (κ2) is 4.96. The molecule has 0 atom stereocenters. The van der Waals surface area contributed by atoms with Crippen LogP contribution in [0.4, 0.5) is 0 Å². The average Bonchev–Trinajstić information content (AvgIpc) is 2.32. The van der Waals surface area contributed by atoms with Crippen molar-refractivity contribution in [3.63, 3.8) is 0 Å². The van der Waals surface area contributed by atoms with Crippen LogP contribution >= 0.6 is 10.7 Å². The number of hydrogen-bond acceptors (Lipinski definition) is 4. The molecule has 0 saturated carbocycles. The van der Waals surface area contributed by atoms with E-state index in [4.69, 9.17) is 15.4 Å². The van der Waals surface area contributed by atoms with Crippen LogP contribution in [0.2, 0.25) is 0 Å². The lowest BCUT2D eigenvalue weighted by molar-refractivity contribution is 0.458. The molecule has 0 fully saturated rings. The summed E-state index contributed by atoms with van der Waals surface area (Å²) in [4.78, 5) is 3.84. The lowest BCUT2D eigenvalue weighted by Crippen LogP contribution is -1.94. The molecule has 1 aromatic carbocycles. The van der Waals surface area contributed by atoms with E-state index < -0.39 is 9.05 Å². The summed E-state index contributed by atoms with van der Waals surface area (Å²) in [5, 5.41) is 0. The van der Waals surface area contributed by atoms with E-state index in [0.717, 1.165) is 11.8 Å². The number of aromatic nitrogens is 1. The minimum absolute atomic E-state index is 0.0544. The van der Waals surface area contributed by atoms with Gasteiger partial charge >= 0.3 is 0 Å². The topological polar surface area (TPSA) is 56.3 Å². The van der Waals surface area contributed by atoms with Crippen molar-refractivity contribution in [2.75, 3.05) is 0 Å². The van der Waals surface area contributed by atoms with Gasteiger partial charge in [-0.2, -0.15) is 0 Å². The summed E-state index contributed by atoms with van der Waals surface area (Å²) in [6.45, 7) is 1.91. The summed E-state index contributed by atoms with van der Waals surface area (Å²) in [6, 6.07) is 10.3. The molecule has 0 aliphatic carbocycles. The van der Waals surface area contributed by atoms with Crippen LogP contribution in [0.25, 0.3) is 0 Å². The van der Waals surface area contributed by atoms with Gasteiger partial charge in [-0.1, -0.05) is 18.2 Å². The fourth-order valence-corrected chi connectivity index (χ4v) is 2.04. The van der Waals surface area contributed by atoms with Crippen molar-refractivity contribution in [3.8, 4) is 11.6 Å². The first-order valence-electron chi connectivity index (χ1n) is 5.11. The van der Waals surface area contributed by atoms with E-state index >= 15 is 0 Å². The van der Waals surface area contributed by atoms with Crippen molar-refractivity contribution in [2.45, 2.75) is 11.8 Å². The lowest BCUT2D eigenvalue weighted by Gasteiger charge is -2.07. The van der Waals surface area contributed by atoms with Gasteiger partial charge in [0.1, 0.15) is 10.6 Å². The Balaban J connectivity index is 2.24. The van der Waals surface area contributed by atoms with E-state index in [0.29, 0.717) is 11.6 Å². The Morgan fingerprint density at radius 2 is 1.89 bits per heavy atom. The van der Waals surface area contributed by atoms with Crippen molar-refractivity contribution in [3.05, 3.63) is 48.2 Å². The normalized spacial score (nSPS) is 11.2. The molecule has 94 valence electrons. The van der Waals surface area contributed by atoms with Crippen LogP contribution in [0.3, 0.4) is 0 Å². The number of para-hydroxylation sites is 1. The first kappa shape index (κ1) is 12.9. The Morgan fingerprint density at radius 3 is 2.44 bits per heavy atom. The molecular formula is C12H10ClNO3S. The van der Waals surface area contributed by atoms with E-state index in [1.54, 1.807) is 0 Å². The minimum Gasteiger partial charge on any atom is -0.439 e. The molecule has 0 aliphatic rings. The molecule has 0 aliphatic heterocycles. The third kappa shape index (κ3) is 3.00. The fourth-order valence-electron chi connectivity index (χ4n) is 1.35. The van der Waals surface area contributed by atoms with Gasteiger partial charge in [0, 0.05) is 16.7 Å². The van der Waals surface area contributed by atoms with Gasteiger partial charge in [0.15, 0.2) is 0 Å². The van der Waals surface area contributed by atoms with Gasteiger partial charge in [0.2, 0.25) is 5.88 Å². The quantitative estimate of drug-likeness (QED) is 0.812. The highest BCUT2D eigenvalue weighted by molar-refractivity contribution is 8.13. The molecule has 18 heavy (non-hydrogen) atoms. The van der Waals surface area contributed by atoms with E-state index in [2.05, 4.69) is 4.98 Å². The van der Waals surface area contributed by atoms with Gasteiger partial charge in [-0.15, -0.1) is 0 Å². The average molecular weight is 284 g/mol. The number of ether oxygens (including phenoxy) is 1. The standard InChI is InChI=1S/C12H10ClNO3S/c1-9-4-2-3-5-11(9)17-12-7-6-10(8-14-12)18(13,15)16/h2-8H,1H3. The van der Waals surface area contributed by atoms with E-state index in [9.17, 15) is 8.42 Å². The second-order valence-corrected chi connectivity index (χ2v) is 6.20. The Morgan fingerprint density at radius 1 is 1.17 bits per heavy atom. The SMILES string of the molecule is Cc1ccccc1Oc1ccc(S(=O)(=O)Cl)cn1. The maximum absolute atomic E-state index is 11.0. The van der Waals surface area contributed by atoms with Gasteiger partial charge in [-0.25, -0.2) is 13.4 Å². The molecule has 6 heteroatoms. The smallest absolute Gasteiger partial charge is 0.262 e. The Kier molecular flexibility index (Phi) is 3.54. The summed E-state index contributed by atoms with van der Waals surface area (Å²) < 4.78 is 27.6. The third-order valence-corrected chi connectivity index (χ3v) is 3.64. The molecule has 0 unspecified atom stereocenters. The van der Waals surface area contributed by atoms with Crippen molar-refractivity contribution < 1.29 is 13.2 Å². The number of benzene rings is 1. The highest BCUT2D eigenvalue weighted by atomic mass is 35.7. The first-order valence-corrected chi connectivity index (χ1v) is 7.42. The monoisotopic (exact) mass is 283 g/mol. The zero-order chi connectivity index (χ0) is 13.2. The van der Waals surface area contributed by atoms with Crippen LogP contribution in [-0.4, -0.2) is 13.4 Å². The zero-order valence-corrected chi connectivity index (χ0v) is 11.1. The molecule has 0 radical (unpaired) electrons. The molecule has 1 aromatic heterocycles. The Hall–Kier alpha value is -1.59. The number of aryl methyl sites for hydroxylation is 1. The van der Waals surface area contributed by atoms with Crippen LogP contribution in [0.1, 0.15) is 5.56 Å². The molecule has 2 aromatic rings. The first-order chi connectivity index (χ1) is 8.47. The summed E-state index contributed by atoms with van der Waals surface area (Å²) in [5.41, 5.74) is 0.966. The molecule has 1 heterocycles. The van der Waals surface area contributed by atoms with Crippen LogP contribution in [0.15, 0.2) is 47.5 Å². The van der Waals surface area contributed by atoms with Gasteiger partial charge in [-0.3, -0.25) is 0 Å². The summed E-state index contributed by atoms with van der Waals surface area (Å²) >= 11 is 0. The zero-order valence-electron chi connectivity index (χ0n) is 9.50. The lowest BCUT2D eigenvalue weighted by atomic mass is 10.2. The predicted octanol–water partition coefficient (Wildman–Crippen LogP) is 3.11. The number of pyridine rings is 1. The molecule has 0 amide bonds. The number of hydrogen-bond donors (Lipinski definition) is 0. The summed E-state index contributed by atoms with van der Waals surface area (Å²) in [7, 11) is 1.44. The molecule has 0 spiro atoms. The summed E-state index contributed by atoms with van der Waals surface area (Å²) in [6.07, 6.45) is 1.16. The number of halogens is 1. The number of rotatable bonds is 3. The van der Waals surface area contributed by atoms with E-state index in [-0.39, 0.29) is 4.90 Å². The molecule has 4 nitrogen and oxygen atoms in total. The second-order valence-electron chi connectivity index (χ2n) is 3.64. The van der Waals surface area contributed by atoms with Crippen LogP contribution < -0.4 is 4.74 Å². The van der Waals surface area contributed by atoms with Crippen molar-refractivity contribution in [1.29, 1.82) is 0 Å². The molecular weight excluding hydrogens is 274 g/mol. The van der Waals surface area contributed by atoms with Crippen molar-refractivity contribution in [1.82, 2.24) is 4.98 Å². The molecule has 0 bridgehead atoms. The molecule has 0 saturated heterocycles. The van der Waals surface area contributed by atoms with Crippen molar-refractivity contribution in [2.24, 2.45) is 0 Å². The number of nitrogens with zero attached hydrogens (tertiary/aromatic N) is 1. The Bertz CT molecular complexity index is 653. The Labute approximate surface area is 110 Å². The maximum Gasteiger partial charge on any atom is 0.262 e. The van der Waals surface area contributed by atoms with Gasteiger partial charge < -0.3 is 4.74 Å². The summed E-state index contributed by atoms with van der Waals surface area (Å²) in [5.74, 6) is 0.986. The highest BCUT2D eigenvalue weighted by Gasteiger charge is 2.10. The minimum atomic E-state index is -3.75. The maximum atomic E-state index is 11.0. The van der Waals surface area contributed by atoms with Gasteiger partial charge in [-0.05, 0) is 24.6 Å². The van der Waals surface area contributed by atoms with Crippen LogP contribution in [-0.2, 0) is 9.05 Å². The molecule has 2 rings (SSSR count). The third-order valence-electron chi connectivity index (χ3n) is 2.30. The van der Waals surface area contributed by atoms with E-state index in [1.807, 2.05) is 31.2 Å². The van der Waals surface area contributed by atoms with Crippen LogP contribution in [0, 0.1) is 6.92 Å². The largest absolute Gasteiger partial charge is 0.439 e. The molecule has 0 N–H and O–H groups in total. The van der Waals surface area contributed by atoms with Gasteiger partial charge in [0.05, 0.1) is 6.20 Å². The van der Waals surface area contributed by atoms with Gasteiger partial charge in [0.25, 0.3) is 9.05 Å². The van der Waals surface area contributed by atoms with E-state index in [1.165, 1.54) is 12.1 Å². The predicted molar refractivity (Wildman–Crippen MR) is 68.5 cm³/mol. The van der Waals surface area contributed by atoms with Crippen molar-refractivity contribution >= 4 is 19.7 Å². The fraction of sp³-hybridized carbons (Fsp3) is 0.0833.